The lowest BCUT2D eigenvalue weighted by atomic mass is 9.95. The van der Waals surface area contributed by atoms with Crippen molar-refractivity contribution in [1.29, 1.82) is 0 Å². The molecule has 0 radical (unpaired) electrons. The topological polar surface area (TPSA) is 83.8 Å². The maximum absolute atomic E-state index is 11.5. The highest BCUT2D eigenvalue weighted by molar-refractivity contribution is 6.02. The molecule has 0 unspecified atom stereocenters. The molecule has 0 bridgehead atoms. The summed E-state index contributed by atoms with van der Waals surface area (Å²) in [7, 11) is 0. The Hall–Kier alpha value is -1.88. The number of carboxylic acid groups (broad SMARTS) is 1. The zero-order valence-electron chi connectivity index (χ0n) is 9.42. The summed E-state index contributed by atoms with van der Waals surface area (Å²) in [6.45, 7) is 1.56. The Labute approximate surface area is 98.6 Å². The number of hydrogen-bond acceptors (Lipinski definition) is 4. The summed E-state index contributed by atoms with van der Waals surface area (Å²) in [6, 6.07) is 8.42. The first-order chi connectivity index (χ1) is 8.00. The van der Waals surface area contributed by atoms with Gasteiger partial charge < -0.3 is 14.9 Å². The molecule has 0 aliphatic rings. The van der Waals surface area contributed by atoms with Crippen LogP contribution in [0.25, 0.3) is 0 Å². The summed E-state index contributed by atoms with van der Waals surface area (Å²) in [4.78, 5) is 22.4. The van der Waals surface area contributed by atoms with Gasteiger partial charge >= 0.3 is 11.9 Å². The summed E-state index contributed by atoms with van der Waals surface area (Å²) in [5.41, 5.74) is -1.98. The van der Waals surface area contributed by atoms with Gasteiger partial charge in [-0.05, 0) is 12.5 Å². The number of esters is 1. The summed E-state index contributed by atoms with van der Waals surface area (Å²) < 4.78 is 4.57. The molecular formula is C12H14O5. The van der Waals surface area contributed by atoms with Crippen molar-refractivity contribution in [3.63, 3.8) is 0 Å². The van der Waals surface area contributed by atoms with Gasteiger partial charge in [0.2, 0.25) is 0 Å². The van der Waals surface area contributed by atoms with Crippen molar-refractivity contribution in [2.24, 2.45) is 0 Å². The average Bonchev–Trinajstić information content (AvgIpc) is 2.30. The van der Waals surface area contributed by atoms with Crippen molar-refractivity contribution in [3.8, 4) is 0 Å². The summed E-state index contributed by atoms with van der Waals surface area (Å²) in [6.07, 6.45) is -0.317. The molecule has 0 saturated carbocycles. The van der Waals surface area contributed by atoms with Gasteiger partial charge in [-0.2, -0.15) is 0 Å². The number of aliphatic carboxylic acids is 1. The molecule has 0 heterocycles. The fourth-order valence-electron chi connectivity index (χ4n) is 1.38. The van der Waals surface area contributed by atoms with E-state index >= 15 is 0 Å². The van der Waals surface area contributed by atoms with E-state index in [9.17, 15) is 14.7 Å². The quantitative estimate of drug-likeness (QED) is 0.580. The van der Waals surface area contributed by atoms with E-state index in [1.807, 2.05) is 0 Å². The third-order valence-corrected chi connectivity index (χ3v) is 2.27. The van der Waals surface area contributed by atoms with Crippen molar-refractivity contribution in [3.05, 3.63) is 35.9 Å². The van der Waals surface area contributed by atoms with Gasteiger partial charge in [-0.1, -0.05) is 30.3 Å². The van der Waals surface area contributed by atoms with E-state index in [1.165, 1.54) is 0 Å². The third kappa shape index (κ3) is 3.04. The molecule has 92 valence electrons. The normalized spacial score (nSPS) is 13.8. The molecule has 0 aliphatic heterocycles. The molecular weight excluding hydrogens is 224 g/mol. The van der Waals surface area contributed by atoms with Crippen LogP contribution in [0.5, 0.6) is 0 Å². The lowest BCUT2D eigenvalue weighted by Crippen LogP contribution is -2.49. The molecule has 1 rings (SSSR count). The second-order valence-corrected chi connectivity index (χ2v) is 3.55. The van der Waals surface area contributed by atoms with Gasteiger partial charge in [0.15, 0.2) is 0 Å². The number of rotatable bonds is 5. The van der Waals surface area contributed by atoms with Crippen molar-refractivity contribution >= 4 is 11.9 Å². The zero-order valence-corrected chi connectivity index (χ0v) is 9.42. The van der Waals surface area contributed by atoms with Crippen molar-refractivity contribution in [2.75, 3.05) is 6.61 Å². The van der Waals surface area contributed by atoms with Crippen molar-refractivity contribution in [2.45, 2.75) is 18.9 Å². The highest BCUT2D eigenvalue weighted by Gasteiger charge is 2.46. The molecule has 0 fully saturated rings. The standard InChI is InChI=1S/C12H14O5/c1-2-17-11(15)12(16,10(13)14)8-9-6-4-3-5-7-9/h3-7,16H,2,8H2,1H3,(H,13,14)/t12-/m0/s1. The van der Waals surface area contributed by atoms with Crippen molar-refractivity contribution in [1.82, 2.24) is 0 Å². The second-order valence-electron chi connectivity index (χ2n) is 3.55. The smallest absolute Gasteiger partial charge is 0.350 e. The van der Waals surface area contributed by atoms with Crippen LogP contribution in [-0.4, -0.2) is 34.4 Å². The zero-order chi connectivity index (χ0) is 12.9. The summed E-state index contributed by atoms with van der Waals surface area (Å²) >= 11 is 0. The molecule has 0 amide bonds. The largest absolute Gasteiger partial charge is 0.479 e. The Morgan fingerprint density at radius 3 is 2.35 bits per heavy atom. The van der Waals surface area contributed by atoms with Crippen LogP contribution in [0.15, 0.2) is 30.3 Å². The van der Waals surface area contributed by atoms with Gasteiger partial charge in [-0.15, -0.1) is 0 Å². The minimum atomic E-state index is -2.53. The minimum Gasteiger partial charge on any atom is -0.479 e. The monoisotopic (exact) mass is 238 g/mol. The van der Waals surface area contributed by atoms with Gasteiger partial charge in [-0.3, -0.25) is 0 Å². The molecule has 1 aromatic carbocycles. The molecule has 1 aromatic rings. The first-order valence-electron chi connectivity index (χ1n) is 5.17. The molecule has 0 aromatic heterocycles. The second kappa shape index (κ2) is 5.45. The highest BCUT2D eigenvalue weighted by Crippen LogP contribution is 2.16. The fraction of sp³-hybridized carbons (Fsp3) is 0.333. The number of carbonyl (C=O) groups is 2. The molecule has 17 heavy (non-hydrogen) atoms. The Morgan fingerprint density at radius 1 is 1.29 bits per heavy atom. The van der Waals surface area contributed by atoms with E-state index in [4.69, 9.17) is 5.11 Å². The number of hydrogen-bond donors (Lipinski definition) is 2. The Morgan fingerprint density at radius 2 is 1.88 bits per heavy atom. The predicted molar refractivity (Wildman–Crippen MR) is 59.4 cm³/mol. The number of carboxylic acids is 1. The molecule has 2 N–H and O–H groups in total. The van der Waals surface area contributed by atoms with Crippen molar-refractivity contribution < 1.29 is 24.5 Å². The van der Waals surface area contributed by atoms with Gasteiger partial charge in [0.1, 0.15) is 0 Å². The molecule has 0 aliphatic carbocycles. The highest BCUT2D eigenvalue weighted by atomic mass is 16.6. The molecule has 5 nitrogen and oxygen atoms in total. The molecule has 1 atom stereocenters. The maximum Gasteiger partial charge on any atom is 0.350 e. The average molecular weight is 238 g/mol. The van der Waals surface area contributed by atoms with Gasteiger partial charge in [0.25, 0.3) is 5.60 Å². The summed E-state index contributed by atoms with van der Waals surface area (Å²) in [5.74, 6) is -2.75. The van der Waals surface area contributed by atoms with Gasteiger partial charge in [0.05, 0.1) is 6.61 Å². The lowest BCUT2D eigenvalue weighted by molar-refractivity contribution is -0.179. The number of aliphatic hydroxyl groups is 1. The van der Waals surface area contributed by atoms with E-state index < -0.39 is 17.5 Å². The van der Waals surface area contributed by atoms with Gasteiger partial charge in [-0.25, -0.2) is 9.59 Å². The first kappa shape index (κ1) is 13.2. The van der Waals surface area contributed by atoms with Crippen LogP contribution in [0.2, 0.25) is 0 Å². The summed E-state index contributed by atoms with van der Waals surface area (Å²) in [5, 5.41) is 18.8. The van der Waals surface area contributed by atoms with E-state index in [1.54, 1.807) is 37.3 Å². The first-order valence-corrected chi connectivity index (χ1v) is 5.17. The molecule has 5 heteroatoms. The number of benzene rings is 1. The van der Waals surface area contributed by atoms with E-state index in [0.717, 1.165) is 0 Å². The van der Waals surface area contributed by atoms with Crippen LogP contribution >= 0.6 is 0 Å². The van der Waals surface area contributed by atoms with E-state index in [2.05, 4.69) is 4.74 Å². The van der Waals surface area contributed by atoms with E-state index in [-0.39, 0.29) is 13.0 Å². The van der Waals surface area contributed by atoms with Gasteiger partial charge in [0, 0.05) is 6.42 Å². The maximum atomic E-state index is 11.5. The van der Waals surface area contributed by atoms with Crippen LogP contribution in [0.1, 0.15) is 12.5 Å². The SMILES string of the molecule is CCOC(=O)[C@](O)(Cc1ccccc1)C(=O)O. The molecule has 0 saturated heterocycles. The Kier molecular flexibility index (Phi) is 4.23. The number of carbonyl (C=O) groups excluding carboxylic acids is 1. The van der Waals surface area contributed by atoms with Crippen LogP contribution in [0.3, 0.4) is 0 Å². The van der Waals surface area contributed by atoms with Crippen LogP contribution in [0, 0.1) is 0 Å². The van der Waals surface area contributed by atoms with E-state index in [0.29, 0.717) is 5.56 Å². The fourth-order valence-corrected chi connectivity index (χ4v) is 1.38. The van der Waals surface area contributed by atoms with Crippen LogP contribution in [-0.2, 0) is 20.7 Å². The third-order valence-electron chi connectivity index (χ3n) is 2.27. The Bertz CT molecular complexity index is 401. The molecule has 0 spiro atoms. The number of ether oxygens (including phenoxy) is 1. The minimum absolute atomic E-state index is 0.0171. The predicted octanol–water partition coefficient (Wildman–Crippen LogP) is 0.608. The van der Waals surface area contributed by atoms with Crippen LogP contribution in [0.4, 0.5) is 0 Å². The van der Waals surface area contributed by atoms with Crippen LogP contribution < -0.4 is 0 Å². The lowest BCUT2D eigenvalue weighted by Gasteiger charge is -2.21. The Balaban J connectivity index is 2.93.